The highest BCUT2D eigenvalue weighted by Gasteiger charge is 2.28. The lowest BCUT2D eigenvalue weighted by molar-refractivity contribution is -0.136. The van der Waals surface area contributed by atoms with E-state index < -0.39 is 25.0 Å². The van der Waals surface area contributed by atoms with E-state index in [9.17, 15) is 18.0 Å². The van der Waals surface area contributed by atoms with Crippen molar-refractivity contribution < 1.29 is 22.7 Å². The Morgan fingerprint density at radius 3 is 2.58 bits per heavy atom. The maximum Gasteiger partial charge on any atom is 0.390 e. The van der Waals surface area contributed by atoms with Crippen molar-refractivity contribution in [2.45, 2.75) is 12.6 Å². The van der Waals surface area contributed by atoms with E-state index in [1.807, 2.05) is 0 Å². The molecule has 1 amide bonds. The zero-order chi connectivity index (χ0) is 14.6. The number of hydrogen-bond donors (Lipinski definition) is 1. The van der Waals surface area contributed by atoms with Gasteiger partial charge < -0.3 is 15.4 Å². The molecule has 4 nitrogen and oxygen atoms in total. The fraction of sp³-hybridized carbons (Fsp3) is 0.417. The third kappa shape index (κ3) is 4.04. The summed E-state index contributed by atoms with van der Waals surface area (Å²) in [5.74, 6) is -0.254. The summed E-state index contributed by atoms with van der Waals surface area (Å²) in [5, 5.41) is 0. The van der Waals surface area contributed by atoms with Gasteiger partial charge in [0.15, 0.2) is 0 Å². The quantitative estimate of drug-likeness (QED) is 0.858. The molecular formula is C12H15F3N2O2. The lowest BCUT2D eigenvalue weighted by Crippen LogP contribution is -2.31. The van der Waals surface area contributed by atoms with Crippen LogP contribution in [0.1, 0.15) is 16.8 Å². The highest BCUT2D eigenvalue weighted by Crippen LogP contribution is 2.26. The summed E-state index contributed by atoms with van der Waals surface area (Å²) in [4.78, 5) is 13.0. The molecule has 0 fully saturated rings. The Balaban J connectivity index is 2.83. The van der Waals surface area contributed by atoms with E-state index in [-0.39, 0.29) is 11.3 Å². The van der Waals surface area contributed by atoms with Crippen molar-refractivity contribution in [1.82, 2.24) is 4.90 Å². The minimum Gasteiger partial charge on any atom is -0.495 e. The first kappa shape index (κ1) is 15.1. The average Bonchev–Trinajstić information content (AvgIpc) is 2.34. The summed E-state index contributed by atoms with van der Waals surface area (Å²) < 4.78 is 41.2. The molecule has 1 aromatic rings. The van der Waals surface area contributed by atoms with Gasteiger partial charge in [0.25, 0.3) is 5.91 Å². The molecule has 7 heteroatoms. The van der Waals surface area contributed by atoms with Crippen molar-refractivity contribution in [1.29, 1.82) is 0 Å². The summed E-state index contributed by atoms with van der Waals surface area (Å²) in [6.45, 7) is -0.418. The Morgan fingerprint density at radius 2 is 2.05 bits per heavy atom. The molecule has 0 atom stereocenters. The number of nitrogen functional groups attached to an aromatic ring is 1. The molecule has 0 radical (unpaired) electrons. The number of ether oxygens (including phenoxy) is 1. The molecular weight excluding hydrogens is 261 g/mol. The third-order valence-corrected chi connectivity index (χ3v) is 2.59. The number of para-hydroxylation sites is 1. The maximum absolute atomic E-state index is 12.1. The fourth-order valence-electron chi connectivity index (χ4n) is 1.51. The Labute approximate surface area is 108 Å². The van der Waals surface area contributed by atoms with E-state index in [2.05, 4.69) is 0 Å². The van der Waals surface area contributed by atoms with Crippen LogP contribution in [-0.2, 0) is 0 Å². The smallest absolute Gasteiger partial charge is 0.390 e. The molecule has 0 spiro atoms. The SMILES string of the molecule is COc1cccc(C(=O)N(C)CCC(F)(F)F)c1N. The van der Waals surface area contributed by atoms with Gasteiger partial charge >= 0.3 is 6.18 Å². The largest absolute Gasteiger partial charge is 0.495 e. The standard InChI is InChI=1S/C12H15F3N2O2/c1-17(7-6-12(13,14)15)11(18)8-4-3-5-9(19-2)10(8)16/h3-5H,6-7,16H2,1-2H3. The van der Waals surface area contributed by atoms with Crippen molar-refractivity contribution in [3.63, 3.8) is 0 Å². The summed E-state index contributed by atoms with van der Waals surface area (Å²) in [5.41, 5.74) is 5.97. The van der Waals surface area contributed by atoms with Gasteiger partial charge in [0.1, 0.15) is 5.75 Å². The molecule has 1 aromatic carbocycles. The van der Waals surface area contributed by atoms with Gasteiger partial charge in [-0.3, -0.25) is 4.79 Å². The van der Waals surface area contributed by atoms with Gasteiger partial charge in [-0.05, 0) is 12.1 Å². The van der Waals surface area contributed by atoms with E-state index in [1.54, 1.807) is 12.1 Å². The molecule has 0 bridgehead atoms. The van der Waals surface area contributed by atoms with Gasteiger partial charge in [-0.1, -0.05) is 6.07 Å². The third-order valence-electron chi connectivity index (χ3n) is 2.59. The van der Waals surface area contributed by atoms with Gasteiger partial charge in [0, 0.05) is 13.6 Å². The molecule has 0 aliphatic heterocycles. The number of halogens is 3. The van der Waals surface area contributed by atoms with Crippen molar-refractivity contribution in [3.05, 3.63) is 23.8 Å². The predicted octanol–water partition coefficient (Wildman–Crippen LogP) is 2.30. The van der Waals surface area contributed by atoms with Crippen molar-refractivity contribution >= 4 is 11.6 Å². The molecule has 0 aromatic heterocycles. The van der Waals surface area contributed by atoms with Gasteiger partial charge in [-0.25, -0.2) is 0 Å². The number of nitrogens with zero attached hydrogens (tertiary/aromatic N) is 1. The topological polar surface area (TPSA) is 55.6 Å². The van der Waals surface area contributed by atoms with Crippen LogP contribution in [0.2, 0.25) is 0 Å². The van der Waals surface area contributed by atoms with Crippen molar-refractivity contribution in [3.8, 4) is 5.75 Å². The van der Waals surface area contributed by atoms with Crippen LogP contribution in [0.3, 0.4) is 0 Å². The first-order chi connectivity index (χ1) is 8.76. The molecule has 0 saturated heterocycles. The van der Waals surface area contributed by atoms with Crippen LogP contribution >= 0.6 is 0 Å². The lowest BCUT2D eigenvalue weighted by atomic mass is 10.1. The predicted molar refractivity (Wildman–Crippen MR) is 65.0 cm³/mol. The van der Waals surface area contributed by atoms with Gasteiger partial charge in [0.2, 0.25) is 0 Å². The monoisotopic (exact) mass is 276 g/mol. The molecule has 0 heterocycles. The number of carbonyl (C=O) groups excluding carboxylic acids is 1. The lowest BCUT2D eigenvalue weighted by Gasteiger charge is -2.19. The minimum atomic E-state index is -4.30. The minimum absolute atomic E-state index is 0.119. The number of benzene rings is 1. The van der Waals surface area contributed by atoms with Gasteiger partial charge in [-0.2, -0.15) is 13.2 Å². The number of hydrogen-bond acceptors (Lipinski definition) is 3. The van der Waals surface area contributed by atoms with E-state index in [1.165, 1.54) is 20.2 Å². The van der Waals surface area contributed by atoms with Gasteiger partial charge in [-0.15, -0.1) is 0 Å². The summed E-state index contributed by atoms with van der Waals surface area (Å²) in [6, 6.07) is 4.58. The highest BCUT2D eigenvalue weighted by atomic mass is 19.4. The van der Waals surface area contributed by atoms with Gasteiger partial charge in [0.05, 0.1) is 24.8 Å². The first-order valence-electron chi connectivity index (χ1n) is 5.51. The molecule has 1 rings (SSSR count). The summed E-state index contributed by atoms with van der Waals surface area (Å²) in [6.07, 6.45) is -5.35. The fourth-order valence-corrected chi connectivity index (χ4v) is 1.51. The second-order valence-corrected chi connectivity index (χ2v) is 4.01. The van der Waals surface area contributed by atoms with Crippen LogP contribution in [0.4, 0.5) is 18.9 Å². The van der Waals surface area contributed by atoms with Crippen LogP contribution in [0.15, 0.2) is 18.2 Å². The Kier molecular flexibility index (Phi) is 4.63. The second-order valence-electron chi connectivity index (χ2n) is 4.01. The van der Waals surface area contributed by atoms with E-state index in [0.29, 0.717) is 5.75 Å². The van der Waals surface area contributed by atoms with Crippen LogP contribution in [0, 0.1) is 0 Å². The Bertz CT molecular complexity index is 461. The van der Waals surface area contributed by atoms with Crippen LogP contribution < -0.4 is 10.5 Å². The molecule has 2 N–H and O–H groups in total. The molecule has 19 heavy (non-hydrogen) atoms. The zero-order valence-corrected chi connectivity index (χ0v) is 10.6. The van der Waals surface area contributed by atoms with E-state index >= 15 is 0 Å². The molecule has 0 saturated carbocycles. The number of methoxy groups -OCH3 is 1. The normalized spacial score (nSPS) is 11.2. The Hall–Kier alpha value is -1.92. The second kappa shape index (κ2) is 5.81. The molecule has 106 valence electrons. The molecule has 0 aliphatic carbocycles. The zero-order valence-electron chi connectivity index (χ0n) is 10.6. The Morgan fingerprint density at radius 1 is 1.42 bits per heavy atom. The number of anilines is 1. The number of nitrogens with two attached hydrogens (primary N) is 1. The number of carbonyl (C=O) groups is 1. The molecule has 0 aliphatic rings. The van der Waals surface area contributed by atoms with Crippen molar-refractivity contribution in [2.75, 3.05) is 26.4 Å². The van der Waals surface area contributed by atoms with Crippen molar-refractivity contribution in [2.24, 2.45) is 0 Å². The molecule has 0 unspecified atom stereocenters. The maximum atomic E-state index is 12.1. The highest BCUT2D eigenvalue weighted by molar-refractivity contribution is 6.00. The summed E-state index contributed by atoms with van der Waals surface area (Å²) in [7, 11) is 2.69. The summed E-state index contributed by atoms with van der Waals surface area (Å²) >= 11 is 0. The van der Waals surface area contributed by atoms with E-state index in [0.717, 1.165) is 4.90 Å². The number of amides is 1. The number of alkyl halides is 3. The average molecular weight is 276 g/mol. The first-order valence-corrected chi connectivity index (χ1v) is 5.51. The van der Waals surface area contributed by atoms with Crippen LogP contribution in [0.5, 0.6) is 5.75 Å². The van der Waals surface area contributed by atoms with E-state index in [4.69, 9.17) is 10.5 Å². The number of rotatable bonds is 4. The van der Waals surface area contributed by atoms with Crippen LogP contribution in [-0.4, -0.2) is 37.7 Å². The van der Waals surface area contributed by atoms with Crippen LogP contribution in [0.25, 0.3) is 0 Å².